The van der Waals surface area contributed by atoms with Gasteiger partial charge in [-0.25, -0.2) is 4.79 Å². The van der Waals surface area contributed by atoms with Crippen LogP contribution in [-0.2, 0) is 9.53 Å². The number of esters is 1. The summed E-state index contributed by atoms with van der Waals surface area (Å²) in [5.41, 5.74) is 5.11. The van der Waals surface area contributed by atoms with Crippen LogP contribution in [0.25, 0.3) is 0 Å². The normalized spacial score (nSPS) is 12.5. The first-order valence-electron chi connectivity index (χ1n) is 5.10. The summed E-state index contributed by atoms with van der Waals surface area (Å²) < 4.78 is 31.8. The molecule has 19 heavy (non-hydrogen) atoms. The molecule has 3 N–H and O–H groups in total. The lowest BCUT2D eigenvalue weighted by Crippen LogP contribution is -2.41. The van der Waals surface area contributed by atoms with E-state index in [9.17, 15) is 18.7 Å². The number of alkyl halides is 2. The zero-order valence-electron chi connectivity index (χ0n) is 9.90. The highest BCUT2D eigenvalue weighted by Crippen LogP contribution is 2.38. The van der Waals surface area contributed by atoms with Crippen molar-refractivity contribution in [3.63, 3.8) is 0 Å². The average Bonchev–Trinajstić information content (AvgIpc) is 2.32. The van der Waals surface area contributed by atoms with Crippen LogP contribution >= 0.6 is 28.3 Å². The van der Waals surface area contributed by atoms with E-state index in [1.807, 2.05) is 0 Å². The van der Waals surface area contributed by atoms with Gasteiger partial charge in [-0.05, 0) is 28.9 Å². The number of benzene rings is 1. The van der Waals surface area contributed by atoms with Gasteiger partial charge >= 0.3 is 11.9 Å². The summed E-state index contributed by atoms with van der Waals surface area (Å²) in [7, 11) is 0. The van der Waals surface area contributed by atoms with Crippen LogP contribution in [0.5, 0.6) is 5.75 Å². The summed E-state index contributed by atoms with van der Waals surface area (Å²) in [5, 5.41) is 9.63. The van der Waals surface area contributed by atoms with Crippen LogP contribution in [0.2, 0.25) is 0 Å². The Balaban J connectivity index is 0.00000324. The fourth-order valence-corrected chi connectivity index (χ4v) is 1.71. The molecule has 0 aliphatic heterocycles. The van der Waals surface area contributed by atoms with Gasteiger partial charge in [-0.2, -0.15) is 8.78 Å². The average molecular weight is 361 g/mol. The number of phenols is 1. The second kappa shape index (κ2) is 7.02. The van der Waals surface area contributed by atoms with E-state index in [4.69, 9.17) is 5.73 Å². The summed E-state index contributed by atoms with van der Waals surface area (Å²) in [6.07, 6.45) is 0. The molecule has 0 saturated carbocycles. The van der Waals surface area contributed by atoms with E-state index in [1.165, 1.54) is 25.1 Å². The first-order valence-corrected chi connectivity index (χ1v) is 5.89. The van der Waals surface area contributed by atoms with Crippen molar-refractivity contribution in [2.75, 3.05) is 6.61 Å². The van der Waals surface area contributed by atoms with Crippen molar-refractivity contribution in [2.24, 2.45) is 5.73 Å². The van der Waals surface area contributed by atoms with Crippen molar-refractivity contribution in [3.05, 3.63) is 28.2 Å². The summed E-state index contributed by atoms with van der Waals surface area (Å²) in [6, 6.07) is 2.14. The minimum absolute atomic E-state index is 0. The lowest BCUT2D eigenvalue weighted by Gasteiger charge is -2.22. The fourth-order valence-electron chi connectivity index (χ4n) is 1.33. The number of para-hydroxylation sites is 1. The largest absolute Gasteiger partial charge is 0.506 e. The third kappa shape index (κ3) is 3.77. The number of aromatic hydroxyl groups is 1. The molecule has 0 spiro atoms. The number of rotatable bonds is 4. The Kier molecular flexibility index (Phi) is 6.68. The number of carbonyl (C=O) groups excluding carboxylic acids is 1. The van der Waals surface area contributed by atoms with Crippen LogP contribution < -0.4 is 5.73 Å². The molecule has 1 atom stereocenters. The summed E-state index contributed by atoms with van der Waals surface area (Å²) in [5.74, 6) is -6.04. The summed E-state index contributed by atoms with van der Waals surface area (Å²) >= 11 is 2.98. The Labute approximate surface area is 123 Å². The topological polar surface area (TPSA) is 72.5 Å². The Bertz CT molecular complexity index is 460. The molecule has 8 heteroatoms. The van der Waals surface area contributed by atoms with E-state index in [2.05, 4.69) is 20.7 Å². The molecule has 1 rings (SSSR count). The van der Waals surface area contributed by atoms with Crippen LogP contribution in [0.15, 0.2) is 22.7 Å². The van der Waals surface area contributed by atoms with Crippen LogP contribution in [0.1, 0.15) is 18.5 Å². The number of hydrogen-bond donors (Lipinski definition) is 2. The molecule has 0 saturated heterocycles. The van der Waals surface area contributed by atoms with Crippen LogP contribution in [0.4, 0.5) is 8.78 Å². The van der Waals surface area contributed by atoms with Crippen molar-refractivity contribution in [1.29, 1.82) is 0 Å². The quantitative estimate of drug-likeness (QED) is 0.810. The number of nitrogens with two attached hydrogens (primary N) is 1. The molecule has 0 aromatic heterocycles. The lowest BCUT2D eigenvalue weighted by molar-refractivity contribution is -0.174. The third-order valence-corrected chi connectivity index (χ3v) is 2.93. The molecule has 0 bridgehead atoms. The van der Waals surface area contributed by atoms with E-state index in [0.29, 0.717) is 0 Å². The van der Waals surface area contributed by atoms with Crippen LogP contribution in [-0.4, -0.2) is 23.6 Å². The minimum atomic E-state index is -3.91. The first kappa shape index (κ1) is 18.1. The molecule has 1 aromatic carbocycles. The van der Waals surface area contributed by atoms with E-state index in [-0.39, 0.29) is 29.1 Å². The van der Waals surface area contributed by atoms with E-state index in [1.54, 1.807) is 0 Å². The first-order chi connectivity index (χ1) is 8.32. The summed E-state index contributed by atoms with van der Waals surface area (Å²) in [4.78, 5) is 11.1. The van der Waals surface area contributed by atoms with Crippen LogP contribution in [0.3, 0.4) is 0 Å². The van der Waals surface area contributed by atoms with Gasteiger partial charge in [-0.15, -0.1) is 12.4 Å². The highest BCUT2D eigenvalue weighted by molar-refractivity contribution is 9.10. The molecule has 0 radical (unpaired) electrons. The molecule has 1 aromatic rings. The maximum Gasteiger partial charge on any atom is 0.379 e. The Hall–Kier alpha value is -0.920. The summed E-state index contributed by atoms with van der Waals surface area (Å²) in [6.45, 7) is 1.24. The second-order valence-electron chi connectivity index (χ2n) is 3.50. The molecule has 0 heterocycles. The Morgan fingerprint density at radius 2 is 2.16 bits per heavy atom. The lowest BCUT2D eigenvalue weighted by atomic mass is 10.0. The monoisotopic (exact) mass is 359 g/mol. The van der Waals surface area contributed by atoms with Gasteiger partial charge < -0.3 is 15.6 Å². The molecule has 0 fully saturated rings. The van der Waals surface area contributed by atoms with Gasteiger partial charge in [0.2, 0.25) is 0 Å². The number of halogens is 4. The van der Waals surface area contributed by atoms with Gasteiger partial charge in [0.25, 0.3) is 0 Å². The fraction of sp³-hybridized carbons (Fsp3) is 0.364. The maximum atomic E-state index is 13.7. The van der Waals surface area contributed by atoms with Gasteiger partial charge in [0, 0.05) is 5.56 Å². The number of hydrogen-bond acceptors (Lipinski definition) is 4. The maximum absolute atomic E-state index is 13.7. The Morgan fingerprint density at radius 3 is 2.68 bits per heavy atom. The molecule has 108 valence electrons. The van der Waals surface area contributed by atoms with Crippen molar-refractivity contribution in [3.8, 4) is 5.75 Å². The van der Waals surface area contributed by atoms with Crippen molar-refractivity contribution in [1.82, 2.24) is 0 Å². The molecule has 0 unspecified atom stereocenters. The van der Waals surface area contributed by atoms with Gasteiger partial charge in [0.15, 0.2) is 0 Å². The van der Waals surface area contributed by atoms with E-state index < -0.39 is 23.7 Å². The van der Waals surface area contributed by atoms with E-state index in [0.717, 1.165) is 0 Å². The third-order valence-electron chi connectivity index (χ3n) is 2.29. The SMILES string of the molecule is CCOC(=O)C(F)(F)[C@@H](N)c1cccc(Br)c1O.Cl. The zero-order chi connectivity index (χ0) is 13.9. The molecule has 0 aliphatic rings. The van der Waals surface area contributed by atoms with Gasteiger partial charge in [0.1, 0.15) is 11.8 Å². The number of phenolic OH excluding ortho intramolecular Hbond substituents is 1. The predicted octanol–water partition coefficient (Wildman–Crippen LogP) is 2.77. The standard InChI is InChI=1S/C11H12BrF2NO3.ClH/c1-2-18-10(17)11(13,14)9(15)6-4-3-5-7(12)8(6)16;/h3-5,9,16H,2,15H2,1H3;1H/t9-;/m0./s1. The highest BCUT2D eigenvalue weighted by atomic mass is 79.9. The Morgan fingerprint density at radius 1 is 1.58 bits per heavy atom. The van der Waals surface area contributed by atoms with Crippen LogP contribution in [0, 0.1) is 0 Å². The molecule has 0 amide bonds. The molecule has 4 nitrogen and oxygen atoms in total. The second-order valence-corrected chi connectivity index (χ2v) is 4.35. The molecular formula is C11H13BrClF2NO3. The van der Waals surface area contributed by atoms with Crippen molar-refractivity contribution < 1.29 is 23.4 Å². The van der Waals surface area contributed by atoms with Gasteiger partial charge in [-0.3, -0.25) is 0 Å². The predicted molar refractivity (Wildman–Crippen MR) is 71.6 cm³/mol. The van der Waals surface area contributed by atoms with Crippen molar-refractivity contribution >= 4 is 34.3 Å². The highest BCUT2D eigenvalue weighted by Gasteiger charge is 2.48. The molecular weight excluding hydrogens is 347 g/mol. The number of ether oxygens (including phenoxy) is 1. The smallest absolute Gasteiger partial charge is 0.379 e. The molecule has 0 aliphatic carbocycles. The number of carbonyl (C=O) groups is 1. The van der Waals surface area contributed by atoms with Gasteiger partial charge in [-0.1, -0.05) is 12.1 Å². The van der Waals surface area contributed by atoms with E-state index >= 15 is 0 Å². The van der Waals surface area contributed by atoms with Crippen molar-refractivity contribution in [2.45, 2.75) is 18.9 Å². The van der Waals surface area contributed by atoms with Gasteiger partial charge in [0.05, 0.1) is 11.1 Å². The minimum Gasteiger partial charge on any atom is -0.506 e. The zero-order valence-corrected chi connectivity index (χ0v) is 12.3.